The first kappa shape index (κ1) is 24.3. The molecule has 0 saturated heterocycles. The Labute approximate surface area is 189 Å². The first-order chi connectivity index (χ1) is 14.2. The number of rotatable bonds is 9. The molecule has 30 heavy (non-hydrogen) atoms. The molecule has 0 aromatic heterocycles. The van der Waals surface area contributed by atoms with Crippen LogP contribution in [0.25, 0.3) is 0 Å². The van der Waals surface area contributed by atoms with Crippen LogP contribution in [0, 0.1) is 0 Å². The highest BCUT2D eigenvalue weighted by molar-refractivity contribution is 7.98. The van der Waals surface area contributed by atoms with E-state index < -0.39 is 6.04 Å². The van der Waals surface area contributed by atoms with Crippen molar-refractivity contribution < 1.29 is 9.59 Å². The summed E-state index contributed by atoms with van der Waals surface area (Å²) in [5.74, 6) is 1.34. The van der Waals surface area contributed by atoms with E-state index in [-0.39, 0.29) is 17.4 Å². The molecule has 0 fully saturated rings. The summed E-state index contributed by atoms with van der Waals surface area (Å²) >= 11 is 8.03. The van der Waals surface area contributed by atoms with Crippen molar-refractivity contribution in [1.29, 1.82) is 0 Å². The Morgan fingerprint density at radius 1 is 1.07 bits per heavy atom. The molecule has 0 heterocycles. The number of nitrogens with one attached hydrogen (secondary N) is 1. The zero-order chi connectivity index (χ0) is 22.1. The predicted molar refractivity (Wildman–Crippen MR) is 127 cm³/mol. The molecule has 6 heteroatoms. The Bertz CT molecular complexity index is 837. The zero-order valence-corrected chi connectivity index (χ0v) is 19.7. The molecule has 0 unspecified atom stereocenters. The van der Waals surface area contributed by atoms with Crippen LogP contribution in [0.3, 0.4) is 0 Å². The maximum Gasteiger partial charge on any atom is 0.242 e. The zero-order valence-electron chi connectivity index (χ0n) is 18.2. The molecular weight excluding hydrogens is 416 g/mol. The largest absolute Gasteiger partial charge is 0.350 e. The lowest BCUT2D eigenvalue weighted by Gasteiger charge is -2.31. The predicted octanol–water partition coefficient (Wildman–Crippen LogP) is 5.30. The van der Waals surface area contributed by atoms with Gasteiger partial charge < -0.3 is 10.2 Å². The molecule has 2 rings (SSSR count). The van der Waals surface area contributed by atoms with Crippen LogP contribution < -0.4 is 5.32 Å². The number of amides is 2. The van der Waals surface area contributed by atoms with Gasteiger partial charge in [0, 0.05) is 35.0 Å². The van der Waals surface area contributed by atoms with E-state index in [1.54, 1.807) is 29.7 Å². The molecular formula is C24H31ClN2O2S. The fourth-order valence-electron chi connectivity index (χ4n) is 2.93. The standard InChI is InChI=1S/C24H31ClN2O2S/c1-18(23(29)26-24(2,3)4)27(16-20-12-8-9-13-21(20)25)22(28)14-15-30-17-19-10-6-5-7-11-19/h5-13,18H,14-17H2,1-4H3,(H,26,29)/t18-/m1/s1. The number of nitrogens with zero attached hydrogens (tertiary/aromatic N) is 1. The van der Waals surface area contributed by atoms with Crippen LogP contribution in [0.1, 0.15) is 45.2 Å². The number of benzene rings is 2. The van der Waals surface area contributed by atoms with E-state index in [2.05, 4.69) is 17.4 Å². The second-order valence-corrected chi connectivity index (χ2v) is 9.83. The van der Waals surface area contributed by atoms with Crippen molar-refractivity contribution in [2.75, 3.05) is 5.75 Å². The van der Waals surface area contributed by atoms with Gasteiger partial charge in [-0.05, 0) is 44.9 Å². The first-order valence-electron chi connectivity index (χ1n) is 10.1. The van der Waals surface area contributed by atoms with Crippen LogP contribution in [0.5, 0.6) is 0 Å². The van der Waals surface area contributed by atoms with E-state index in [0.29, 0.717) is 23.7 Å². The van der Waals surface area contributed by atoms with E-state index in [1.807, 2.05) is 57.2 Å². The van der Waals surface area contributed by atoms with E-state index in [9.17, 15) is 9.59 Å². The minimum absolute atomic E-state index is 0.0490. The highest BCUT2D eigenvalue weighted by Crippen LogP contribution is 2.20. The molecule has 2 amide bonds. The number of carbonyl (C=O) groups is 2. The van der Waals surface area contributed by atoms with Crippen molar-refractivity contribution in [3.05, 3.63) is 70.7 Å². The van der Waals surface area contributed by atoms with E-state index in [1.165, 1.54) is 5.56 Å². The van der Waals surface area contributed by atoms with Gasteiger partial charge in [0.05, 0.1) is 0 Å². The highest BCUT2D eigenvalue weighted by Gasteiger charge is 2.28. The molecule has 0 radical (unpaired) electrons. The third kappa shape index (κ3) is 8.04. The molecule has 2 aromatic rings. The summed E-state index contributed by atoms with van der Waals surface area (Å²) in [4.78, 5) is 27.5. The van der Waals surface area contributed by atoms with Crippen molar-refractivity contribution in [1.82, 2.24) is 10.2 Å². The SMILES string of the molecule is C[C@H](C(=O)NC(C)(C)C)N(Cc1ccccc1Cl)C(=O)CCSCc1ccccc1. The molecule has 0 aliphatic rings. The Balaban J connectivity index is 2.04. The van der Waals surface area contributed by atoms with Crippen molar-refractivity contribution in [3.8, 4) is 0 Å². The summed E-state index contributed by atoms with van der Waals surface area (Å²) in [7, 11) is 0. The lowest BCUT2D eigenvalue weighted by molar-refractivity contribution is -0.140. The summed E-state index contributed by atoms with van der Waals surface area (Å²) in [6.07, 6.45) is 0.370. The van der Waals surface area contributed by atoms with Crippen LogP contribution in [0.4, 0.5) is 0 Å². The van der Waals surface area contributed by atoms with Gasteiger partial charge in [0.25, 0.3) is 0 Å². The Kier molecular flexibility index (Phi) is 9.25. The van der Waals surface area contributed by atoms with Crippen LogP contribution in [-0.4, -0.2) is 34.0 Å². The van der Waals surface area contributed by atoms with E-state index >= 15 is 0 Å². The quantitative estimate of drug-likeness (QED) is 0.532. The monoisotopic (exact) mass is 446 g/mol. The van der Waals surface area contributed by atoms with Gasteiger partial charge in [0.1, 0.15) is 6.04 Å². The number of halogens is 1. The van der Waals surface area contributed by atoms with Crippen molar-refractivity contribution in [3.63, 3.8) is 0 Å². The minimum atomic E-state index is -0.591. The summed E-state index contributed by atoms with van der Waals surface area (Å²) < 4.78 is 0. The third-order valence-corrected chi connectivity index (χ3v) is 5.93. The molecule has 0 aliphatic heterocycles. The molecule has 0 saturated carbocycles. The van der Waals surface area contributed by atoms with Crippen LogP contribution >= 0.6 is 23.4 Å². The molecule has 2 aromatic carbocycles. The van der Waals surface area contributed by atoms with Crippen LogP contribution in [0.2, 0.25) is 5.02 Å². The lowest BCUT2D eigenvalue weighted by Crippen LogP contribution is -2.52. The molecule has 0 bridgehead atoms. The molecule has 0 spiro atoms. The average Bonchev–Trinajstić information content (AvgIpc) is 2.69. The molecule has 1 atom stereocenters. The number of hydrogen-bond donors (Lipinski definition) is 1. The minimum Gasteiger partial charge on any atom is -0.350 e. The summed E-state index contributed by atoms with van der Waals surface area (Å²) in [5, 5.41) is 3.57. The van der Waals surface area contributed by atoms with Gasteiger partial charge >= 0.3 is 0 Å². The summed E-state index contributed by atoms with van der Waals surface area (Å²) in [6, 6.07) is 17.0. The topological polar surface area (TPSA) is 49.4 Å². The van der Waals surface area contributed by atoms with Gasteiger partial charge in [-0.2, -0.15) is 11.8 Å². The molecule has 162 valence electrons. The second kappa shape index (κ2) is 11.4. The van der Waals surface area contributed by atoms with Crippen LogP contribution in [0.15, 0.2) is 54.6 Å². The molecule has 1 N–H and O–H groups in total. The summed E-state index contributed by atoms with van der Waals surface area (Å²) in [6.45, 7) is 7.86. The van der Waals surface area contributed by atoms with E-state index in [0.717, 1.165) is 11.3 Å². The fourth-order valence-corrected chi connectivity index (χ4v) is 4.02. The van der Waals surface area contributed by atoms with Gasteiger partial charge in [0.2, 0.25) is 11.8 Å². The van der Waals surface area contributed by atoms with Gasteiger partial charge in [-0.25, -0.2) is 0 Å². The highest BCUT2D eigenvalue weighted by atomic mass is 35.5. The number of carbonyl (C=O) groups excluding carboxylic acids is 2. The lowest BCUT2D eigenvalue weighted by atomic mass is 10.1. The van der Waals surface area contributed by atoms with Gasteiger partial charge in [-0.1, -0.05) is 60.1 Å². The van der Waals surface area contributed by atoms with Crippen molar-refractivity contribution in [2.45, 2.75) is 58.0 Å². The van der Waals surface area contributed by atoms with Crippen LogP contribution in [-0.2, 0) is 21.9 Å². The third-order valence-electron chi connectivity index (χ3n) is 4.54. The average molecular weight is 447 g/mol. The smallest absolute Gasteiger partial charge is 0.242 e. The van der Waals surface area contributed by atoms with E-state index in [4.69, 9.17) is 11.6 Å². The number of hydrogen-bond acceptors (Lipinski definition) is 3. The Morgan fingerprint density at radius 3 is 2.33 bits per heavy atom. The Hall–Kier alpha value is -1.98. The summed E-state index contributed by atoms with van der Waals surface area (Å²) in [5.41, 5.74) is 1.70. The second-order valence-electron chi connectivity index (χ2n) is 8.32. The number of thioether (sulfide) groups is 1. The van der Waals surface area contributed by atoms with Gasteiger partial charge in [0.15, 0.2) is 0 Å². The maximum absolute atomic E-state index is 13.1. The molecule has 4 nitrogen and oxygen atoms in total. The molecule has 0 aliphatic carbocycles. The normalized spacial score (nSPS) is 12.3. The van der Waals surface area contributed by atoms with Gasteiger partial charge in [-0.3, -0.25) is 9.59 Å². The van der Waals surface area contributed by atoms with Gasteiger partial charge in [-0.15, -0.1) is 0 Å². The fraction of sp³-hybridized carbons (Fsp3) is 0.417. The Morgan fingerprint density at radius 2 is 1.70 bits per heavy atom. The van der Waals surface area contributed by atoms with Crippen molar-refractivity contribution >= 4 is 35.2 Å². The van der Waals surface area contributed by atoms with Crippen molar-refractivity contribution in [2.24, 2.45) is 0 Å². The first-order valence-corrected chi connectivity index (χ1v) is 11.7. The maximum atomic E-state index is 13.1.